The van der Waals surface area contributed by atoms with Crippen LogP contribution in [-0.4, -0.2) is 98.9 Å². The van der Waals surface area contributed by atoms with E-state index in [0.29, 0.717) is 25.1 Å². The van der Waals surface area contributed by atoms with Gasteiger partial charge in [0.25, 0.3) is 5.91 Å². The lowest BCUT2D eigenvalue weighted by molar-refractivity contribution is -0.129. The van der Waals surface area contributed by atoms with Gasteiger partial charge in [-0.25, -0.2) is 8.42 Å². The highest BCUT2D eigenvalue weighted by molar-refractivity contribution is 7.95. The smallest absolute Gasteiger partial charge is 0.485 e. The number of anilines is 1. The van der Waals surface area contributed by atoms with Gasteiger partial charge in [-0.1, -0.05) is 24.3 Å². The number of carbonyl (C=O) groups excluding carboxylic acids is 6. The predicted molar refractivity (Wildman–Crippen MR) is 179 cm³/mol. The third-order valence-corrected chi connectivity index (χ3v) is 9.16. The van der Waals surface area contributed by atoms with E-state index in [-0.39, 0.29) is 28.6 Å². The maximum Gasteiger partial charge on any atom is 0.485 e. The minimum atomic E-state index is -6.09. The van der Waals surface area contributed by atoms with E-state index in [1.807, 2.05) is 36.4 Å². The maximum absolute atomic E-state index is 13.4. The third-order valence-electron chi connectivity index (χ3n) is 6.75. The van der Waals surface area contributed by atoms with Crippen LogP contribution in [0.3, 0.4) is 0 Å². The molecule has 16 nitrogen and oxygen atoms in total. The van der Waals surface area contributed by atoms with E-state index < -0.39 is 83.3 Å². The molecule has 0 aromatic heterocycles. The summed E-state index contributed by atoms with van der Waals surface area (Å²) in [5.41, 5.74) is 1.14. The van der Waals surface area contributed by atoms with Crippen molar-refractivity contribution in [2.45, 2.75) is 41.5 Å². The first kappa shape index (κ1) is 42.4. The number of hydrogen-bond acceptors (Lipinski definition) is 10. The molecule has 1 aliphatic rings. The van der Waals surface area contributed by atoms with Crippen molar-refractivity contribution in [3.8, 4) is 0 Å². The highest BCUT2D eigenvalue weighted by atomic mass is 32.2. The monoisotopic (exact) mass is 761 g/mol. The van der Waals surface area contributed by atoms with Crippen molar-refractivity contribution in [1.29, 1.82) is 0 Å². The van der Waals surface area contributed by atoms with Gasteiger partial charge < -0.3 is 42.2 Å². The molecule has 280 valence electrons. The van der Waals surface area contributed by atoms with Crippen molar-refractivity contribution in [3.05, 3.63) is 59.7 Å². The van der Waals surface area contributed by atoms with E-state index in [9.17, 15) is 41.9 Å². The summed E-state index contributed by atoms with van der Waals surface area (Å²) < 4.78 is 58.9. The number of benzene rings is 2. The van der Waals surface area contributed by atoms with Crippen LogP contribution in [0.25, 0.3) is 0 Å². The Bertz CT molecular complexity index is 1660. The Morgan fingerprint density at radius 2 is 1.35 bits per heavy atom. The summed E-state index contributed by atoms with van der Waals surface area (Å²) in [4.78, 5) is 76.8. The number of nitrogens with two attached hydrogens (primary N) is 1. The van der Waals surface area contributed by atoms with Crippen LogP contribution in [0.15, 0.2) is 53.4 Å². The third kappa shape index (κ3) is 15.4. The molecule has 0 saturated heterocycles. The van der Waals surface area contributed by atoms with Crippen molar-refractivity contribution < 1.29 is 54.9 Å². The first-order valence-electron chi connectivity index (χ1n) is 15.1. The predicted octanol–water partition coefficient (Wildman–Crippen LogP) is -0.810. The second kappa shape index (κ2) is 20.2. The molecule has 1 aliphatic heterocycles. The van der Waals surface area contributed by atoms with Gasteiger partial charge in [-0.2, -0.15) is 13.2 Å². The molecular formula is C30H38F3N7O9S2. The van der Waals surface area contributed by atoms with Crippen molar-refractivity contribution in [1.82, 2.24) is 26.6 Å². The molecule has 0 radical (unpaired) electrons. The summed E-state index contributed by atoms with van der Waals surface area (Å²) in [7, 11) is -6.26. The second-order valence-electron chi connectivity index (χ2n) is 10.8. The lowest BCUT2D eigenvalue weighted by Gasteiger charge is -2.20. The van der Waals surface area contributed by atoms with Crippen LogP contribution < -0.4 is 37.6 Å². The Balaban J connectivity index is 0.00000100. The van der Waals surface area contributed by atoms with E-state index in [0.717, 1.165) is 10.5 Å². The second-order valence-corrected chi connectivity index (χ2v) is 14.2. The Kier molecular flexibility index (Phi) is 16.8. The van der Waals surface area contributed by atoms with E-state index >= 15 is 0 Å². The van der Waals surface area contributed by atoms with Gasteiger partial charge in [0, 0.05) is 16.5 Å². The molecule has 1 heterocycles. The van der Waals surface area contributed by atoms with Crippen LogP contribution in [-0.2, 0) is 50.7 Å². The molecule has 21 heteroatoms. The van der Waals surface area contributed by atoms with Crippen molar-refractivity contribution in [3.63, 3.8) is 0 Å². The molecule has 0 aliphatic carbocycles. The fourth-order valence-electron chi connectivity index (χ4n) is 4.17. The number of nitrogens with one attached hydrogen (secondary N) is 6. The number of rotatable bonds is 7. The zero-order chi connectivity index (χ0) is 38.2. The van der Waals surface area contributed by atoms with E-state index in [4.69, 9.17) is 18.7 Å². The number of halogens is 3. The van der Waals surface area contributed by atoms with Gasteiger partial charge in [-0.15, -0.1) is 0 Å². The van der Waals surface area contributed by atoms with Gasteiger partial charge in [0.05, 0.1) is 37.4 Å². The fraction of sp³-hybridized carbons (Fsp3) is 0.400. The minimum Gasteiger partial charge on any atom is -0.741 e. The lowest BCUT2D eigenvalue weighted by atomic mass is 10.1. The zero-order valence-electron chi connectivity index (χ0n) is 27.3. The summed E-state index contributed by atoms with van der Waals surface area (Å²) in [5.74, 6) is -3.02. The molecule has 3 rings (SSSR count). The van der Waals surface area contributed by atoms with Gasteiger partial charge in [0.2, 0.25) is 29.5 Å². The number of unbranched alkanes of at least 4 members (excludes halogenated alkanes) is 1. The van der Waals surface area contributed by atoms with Crippen molar-refractivity contribution >= 4 is 62.1 Å². The van der Waals surface area contributed by atoms with Crippen LogP contribution >= 0.6 is 0 Å². The van der Waals surface area contributed by atoms with Crippen LogP contribution in [0.4, 0.5) is 18.9 Å². The Morgan fingerprint density at radius 1 is 0.824 bits per heavy atom. The Labute approximate surface area is 294 Å². The molecular weight excluding hydrogens is 723 g/mol. The first-order chi connectivity index (χ1) is 23.9. The normalized spacial score (nSPS) is 17.6. The average Bonchev–Trinajstić information content (AvgIpc) is 3.07. The van der Waals surface area contributed by atoms with E-state index in [1.54, 1.807) is 12.1 Å². The van der Waals surface area contributed by atoms with Gasteiger partial charge in [0.1, 0.15) is 18.1 Å². The average molecular weight is 762 g/mol. The quantitative estimate of drug-likeness (QED) is 0.0799. The van der Waals surface area contributed by atoms with Crippen molar-refractivity contribution in [2.75, 3.05) is 44.3 Å². The molecule has 1 unspecified atom stereocenters. The van der Waals surface area contributed by atoms with E-state index in [2.05, 4.69) is 38.2 Å². The first-order valence-corrected chi connectivity index (χ1v) is 18.3. The number of amides is 6. The molecule has 0 bridgehead atoms. The molecule has 0 spiro atoms. The minimum absolute atomic E-state index is 0.138. The van der Waals surface area contributed by atoms with Crippen molar-refractivity contribution in [2.24, 2.45) is 5.73 Å². The number of fused-ring (bicyclic) bond motifs is 1. The molecule has 0 saturated carbocycles. The number of carbonyl (C=O) groups is 6. The molecule has 2 aromatic rings. The summed E-state index contributed by atoms with van der Waals surface area (Å²) in [6.45, 7) is -1.27. The summed E-state index contributed by atoms with van der Waals surface area (Å²) in [5, 5.41) is 15.0. The summed E-state index contributed by atoms with van der Waals surface area (Å²) in [6, 6.07) is 14.1. The maximum atomic E-state index is 13.4. The topological polar surface area (TPSA) is 258 Å². The van der Waals surface area contributed by atoms with Gasteiger partial charge in [-0.05, 0) is 50.1 Å². The zero-order valence-corrected chi connectivity index (χ0v) is 28.9. The highest BCUT2D eigenvalue weighted by Gasteiger charge is 2.37. The van der Waals surface area contributed by atoms with Crippen LogP contribution in [0.5, 0.6) is 0 Å². The molecule has 2 aromatic carbocycles. The molecule has 0 fully saturated rings. The number of hydrogen-bond donors (Lipinski definition) is 7. The van der Waals surface area contributed by atoms with Gasteiger partial charge in [0.15, 0.2) is 15.0 Å². The van der Waals surface area contributed by atoms with Gasteiger partial charge >= 0.3 is 5.51 Å². The lowest BCUT2D eigenvalue weighted by Crippen LogP contribution is -2.49. The summed E-state index contributed by atoms with van der Waals surface area (Å²) in [6.07, 6.45) is 3.54. The standard InChI is InChI=1S/C29H37N7O6S.CHF3O3S/c1-43(20-7-3-2-4-8-20)18-19-10-11-22-21(13-19)28(41)34-16-26(39)32-14-24(37)31-15-25(38)33-17-27(40)35-23(29(42)36-22)9-5-6-12-30;2-1(3,4)8(5,6)7/h2-4,7-8,10-11,13,23H,5-6,9,12,14-18,30H2,1H3,(H5-,31,32,33,34,35,36,37,38,39,40,41,42);(H,5,6,7)/t23-,43?;/m0./s1. The Morgan fingerprint density at radius 3 is 1.88 bits per heavy atom. The molecule has 2 atom stereocenters. The largest absolute Gasteiger partial charge is 0.741 e. The molecule has 51 heavy (non-hydrogen) atoms. The highest BCUT2D eigenvalue weighted by Crippen LogP contribution is 2.23. The molecule has 8 N–H and O–H groups in total. The van der Waals surface area contributed by atoms with Crippen LogP contribution in [0.1, 0.15) is 35.2 Å². The summed E-state index contributed by atoms with van der Waals surface area (Å²) >= 11 is 0. The number of alkyl halides is 3. The van der Waals surface area contributed by atoms with Crippen LogP contribution in [0, 0.1) is 0 Å². The fourth-order valence-corrected chi connectivity index (χ4v) is 5.64. The Hall–Kier alpha value is -4.73. The SMILES string of the molecule is C[S+](Cc1ccc2c(c1)C(=O)NCC(=O)NCC(=O)NCC(=O)NCC(=O)N[C@@H](CCCCN)C(=O)N2)c1ccccc1.O=S(=O)([O-])C(F)(F)F. The van der Waals surface area contributed by atoms with E-state index in [1.165, 1.54) is 0 Å². The molecule has 6 amide bonds. The van der Waals surface area contributed by atoms with Crippen LogP contribution in [0.2, 0.25) is 0 Å². The van der Waals surface area contributed by atoms with Gasteiger partial charge in [-0.3, -0.25) is 28.8 Å².